The molecule has 0 atom stereocenters. The number of fused-ring (bicyclic) bond motifs is 5. The SMILES string of the molecule is O=C(NCCn1cccc1)c1c(=O)c2ccc(N3CCOCC3)nc2n2c1sc1ccccc12. The Balaban J connectivity index is 1.50. The van der Waals surface area contributed by atoms with Crippen molar-refractivity contribution in [2.75, 3.05) is 37.7 Å². The van der Waals surface area contributed by atoms with Crippen LogP contribution in [0.4, 0.5) is 5.82 Å². The lowest BCUT2D eigenvalue weighted by atomic mass is 10.1. The monoisotopic (exact) mass is 473 g/mol. The number of amides is 1. The lowest BCUT2D eigenvalue weighted by Crippen LogP contribution is -2.37. The second kappa shape index (κ2) is 8.58. The van der Waals surface area contributed by atoms with E-state index in [9.17, 15) is 9.59 Å². The highest BCUT2D eigenvalue weighted by Crippen LogP contribution is 2.31. The molecule has 0 radical (unpaired) electrons. The van der Waals surface area contributed by atoms with Gasteiger partial charge < -0.3 is 19.5 Å². The fourth-order valence-corrected chi connectivity index (χ4v) is 5.64. The van der Waals surface area contributed by atoms with Crippen molar-refractivity contribution >= 4 is 49.1 Å². The second-order valence-electron chi connectivity index (χ2n) is 8.23. The van der Waals surface area contributed by atoms with E-state index in [1.807, 2.05) is 63.8 Å². The average molecular weight is 474 g/mol. The van der Waals surface area contributed by atoms with E-state index in [4.69, 9.17) is 9.72 Å². The molecule has 8 nitrogen and oxygen atoms in total. The number of hydrogen-bond acceptors (Lipinski definition) is 6. The summed E-state index contributed by atoms with van der Waals surface area (Å²) in [6, 6.07) is 15.5. The summed E-state index contributed by atoms with van der Waals surface area (Å²) in [6.07, 6.45) is 3.89. The first-order valence-corrected chi connectivity index (χ1v) is 12.1. The molecule has 0 spiro atoms. The number of benzene rings is 1. The van der Waals surface area contributed by atoms with Crippen LogP contribution in [0.1, 0.15) is 10.4 Å². The van der Waals surface area contributed by atoms with Gasteiger partial charge in [-0.2, -0.15) is 0 Å². The predicted molar refractivity (Wildman–Crippen MR) is 134 cm³/mol. The van der Waals surface area contributed by atoms with Crippen LogP contribution in [0.2, 0.25) is 0 Å². The number of pyridine rings is 2. The molecule has 1 amide bonds. The van der Waals surface area contributed by atoms with Crippen molar-refractivity contribution in [1.29, 1.82) is 0 Å². The largest absolute Gasteiger partial charge is 0.378 e. The zero-order valence-electron chi connectivity index (χ0n) is 18.4. The maximum Gasteiger partial charge on any atom is 0.258 e. The summed E-state index contributed by atoms with van der Waals surface area (Å²) in [5.74, 6) is 0.448. The van der Waals surface area contributed by atoms with Crippen LogP contribution in [0.5, 0.6) is 0 Å². The lowest BCUT2D eigenvalue weighted by molar-refractivity contribution is 0.0953. The normalized spacial score (nSPS) is 14.3. The summed E-state index contributed by atoms with van der Waals surface area (Å²) in [4.78, 5) is 34.6. The van der Waals surface area contributed by atoms with Crippen LogP contribution in [0.15, 0.2) is 65.7 Å². The minimum atomic E-state index is -0.361. The third-order valence-electron chi connectivity index (χ3n) is 6.16. The fraction of sp³-hybridized carbons (Fsp3) is 0.240. The fourth-order valence-electron chi connectivity index (χ4n) is 4.45. The zero-order chi connectivity index (χ0) is 23.1. The van der Waals surface area contributed by atoms with Crippen LogP contribution in [0, 0.1) is 0 Å². The van der Waals surface area contributed by atoms with E-state index in [1.54, 1.807) is 6.07 Å². The van der Waals surface area contributed by atoms with Crippen LogP contribution in [-0.2, 0) is 11.3 Å². The molecule has 1 fully saturated rings. The van der Waals surface area contributed by atoms with Crippen LogP contribution >= 0.6 is 11.3 Å². The van der Waals surface area contributed by atoms with Crippen molar-refractivity contribution in [3.8, 4) is 0 Å². The molecule has 5 aromatic rings. The summed E-state index contributed by atoms with van der Waals surface area (Å²) in [5, 5.41) is 3.37. The maximum atomic E-state index is 13.6. The molecule has 9 heteroatoms. The zero-order valence-corrected chi connectivity index (χ0v) is 19.3. The van der Waals surface area contributed by atoms with Crippen molar-refractivity contribution in [3.63, 3.8) is 0 Å². The number of carbonyl (C=O) groups excluding carboxylic acids is 1. The molecule has 1 saturated heterocycles. The smallest absolute Gasteiger partial charge is 0.258 e. The van der Waals surface area contributed by atoms with Crippen molar-refractivity contribution in [1.82, 2.24) is 19.3 Å². The summed E-state index contributed by atoms with van der Waals surface area (Å²) in [6.45, 7) is 3.87. The highest BCUT2D eigenvalue weighted by Gasteiger charge is 2.23. The Morgan fingerprint density at radius 3 is 2.68 bits per heavy atom. The number of anilines is 1. The molecule has 1 aromatic carbocycles. The van der Waals surface area contributed by atoms with Gasteiger partial charge in [-0.25, -0.2) is 4.98 Å². The molecule has 5 heterocycles. The summed E-state index contributed by atoms with van der Waals surface area (Å²) in [5.41, 5.74) is 1.38. The molecule has 0 bridgehead atoms. The quantitative estimate of drug-likeness (QED) is 0.424. The molecule has 1 aliphatic rings. The Morgan fingerprint density at radius 1 is 1.06 bits per heavy atom. The maximum absolute atomic E-state index is 13.6. The van der Waals surface area contributed by atoms with Crippen molar-refractivity contribution < 1.29 is 9.53 Å². The Kier molecular flexibility index (Phi) is 5.27. The van der Waals surface area contributed by atoms with Gasteiger partial charge in [0.15, 0.2) is 5.65 Å². The van der Waals surface area contributed by atoms with E-state index >= 15 is 0 Å². The first-order chi connectivity index (χ1) is 16.7. The standard InChI is InChI=1S/C25H23N5O3S/c31-22-17-7-8-20(29-13-15-33-16-14-29)27-23(17)30-18-5-1-2-6-19(18)34-25(30)21(22)24(32)26-9-12-28-10-3-4-11-28/h1-8,10-11H,9,12-16H2,(H,26,32). The Morgan fingerprint density at radius 2 is 1.85 bits per heavy atom. The number of carbonyl (C=O) groups is 1. The van der Waals surface area contributed by atoms with E-state index in [2.05, 4.69) is 10.2 Å². The minimum absolute atomic E-state index is 0.169. The molecule has 34 heavy (non-hydrogen) atoms. The molecule has 1 N–H and O–H groups in total. The van der Waals surface area contributed by atoms with E-state index in [-0.39, 0.29) is 16.9 Å². The van der Waals surface area contributed by atoms with Gasteiger partial charge in [0, 0.05) is 38.6 Å². The molecule has 6 rings (SSSR count). The number of hydrogen-bond donors (Lipinski definition) is 1. The van der Waals surface area contributed by atoms with Gasteiger partial charge in [0.25, 0.3) is 5.91 Å². The molecule has 0 saturated carbocycles. The number of para-hydroxylation sites is 1. The number of morpholine rings is 1. The van der Waals surface area contributed by atoms with Gasteiger partial charge in [-0.15, -0.1) is 11.3 Å². The average Bonchev–Trinajstić information content (AvgIpc) is 3.52. The van der Waals surface area contributed by atoms with Crippen LogP contribution < -0.4 is 15.6 Å². The molecule has 0 aliphatic carbocycles. The van der Waals surface area contributed by atoms with Crippen LogP contribution in [0.3, 0.4) is 0 Å². The highest BCUT2D eigenvalue weighted by atomic mass is 32.1. The predicted octanol–water partition coefficient (Wildman–Crippen LogP) is 3.13. The highest BCUT2D eigenvalue weighted by molar-refractivity contribution is 7.24. The minimum Gasteiger partial charge on any atom is -0.378 e. The van der Waals surface area contributed by atoms with Crippen LogP contribution in [-0.4, -0.2) is 52.7 Å². The third-order valence-corrected chi connectivity index (χ3v) is 7.30. The van der Waals surface area contributed by atoms with Crippen molar-refractivity contribution in [3.05, 3.63) is 76.7 Å². The topological polar surface area (TPSA) is 80.9 Å². The number of nitrogens with zero attached hydrogens (tertiary/aromatic N) is 4. The first kappa shape index (κ1) is 20.9. The lowest BCUT2D eigenvalue weighted by Gasteiger charge is -2.27. The summed E-state index contributed by atoms with van der Waals surface area (Å²) in [7, 11) is 0. The summed E-state index contributed by atoms with van der Waals surface area (Å²) < 4.78 is 10.4. The van der Waals surface area contributed by atoms with E-state index in [0.717, 1.165) is 29.1 Å². The Bertz CT molecular complexity index is 1560. The van der Waals surface area contributed by atoms with Gasteiger partial charge in [-0.1, -0.05) is 12.1 Å². The number of rotatable bonds is 5. The van der Waals surface area contributed by atoms with E-state index < -0.39 is 0 Å². The Labute approximate surface area is 199 Å². The summed E-state index contributed by atoms with van der Waals surface area (Å²) >= 11 is 1.44. The number of ether oxygens (including phenoxy) is 1. The van der Waals surface area contributed by atoms with Crippen LogP contribution in [0.25, 0.3) is 26.1 Å². The third kappa shape index (κ3) is 3.53. The number of thiazole rings is 1. The van der Waals surface area contributed by atoms with Gasteiger partial charge >= 0.3 is 0 Å². The van der Waals surface area contributed by atoms with Gasteiger partial charge in [0.2, 0.25) is 5.43 Å². The molecule has 1 aliphatic heterocycles. The Hall–Kier alpha value is -3.69. The molecule has 0 unspecified atom stereocenters. The van der Waals surface area contributed by atoms with E-state index in [1.165, 1.54) is 11.3 Å². The van der Waals surface area contributed by atoms with Crippen molar-refractivity contribution in [2.24, 2.45) is 0 Å². The molecule has 172 valence electrons. The molecule has 4 aromatic heterocycles. The molecular formula is C25H23N5O3S. The first-order valence-electron chi connectivity index (χ1n) is 11.3. The second-order valence-corrected chi connectivity index (χ2v) is 9.26. The van der Waals surface area contributed by atoms with E-state index in [0.29, 0.717) is 42.2 Å². The van der Waals surface area contributed by atoms with Crippen molar-refractivity contribution in [2.45, 2.75) is 6.54 Å². The molecular weight excluding hydrogens is 450 g/mol. The van der Waals surface area contributed by atoms with Gasteiger partial charge in [0.05, 0.1) is 28.8 Å². The number of aromatic nitrogens is 3. The van der Waals surface area contributed by atoms with Gasteiger partial charge in [0.1, 0.15) is 16.2 Å². The van der Waals surface area contributed by atoms with Gasteiger partial charge in [-0.05, 0) is 36.4 Å². The van der Waals surface area contributed by atoms with Gasteiger partial charge in [-0.3, -0.25) is 14.0 Å². The number of nitrogens with one attached hydrogen (secondary N) is 1.